The molecule has 0 saturated carbocycles. The van der Waals surface area contributed by atoms with Crippen LogP contribution in [0.25, 0.3) is 21.5 Å². The van der Waals surface area contributed by atoms with Crippen LogP contribution in [0.3, 0.4) is 0 Å². The van der Waals surface area contributed by atoms with Gasteiger partial charge in [0.15, 0.2) is 0 Å². The van der Waals surface area contributed by atoms with Gasteiger partial charge in [0.05, 0.1) is 13.3 Å². The number of nitrogens with zero attached hydrogens (tertiary/aromatic N) is 1. The van der Waals surface area contributed by atoms with Gasteiger partial charge in [-0.2, -0.15) is 0 Å². The minimum absolute atomic E-state index is 0.273. The third-order valence-electron chi connectivity index (χ3n) is 7.08. The van der Waals surface area contributed by atoms with Gasteiger partial charge in [0, 0.05) is 46.4 Å². The van der Waals surface area contributed by atoms with E-state index in [2.05, 4.69) is 20.6 Å². The molecule has 0 bridgehead atoms. The lowest BCUT2D eigenvalue weighted by Crippen LogP contribution is -2.43. The van der Waals surface area contributed by atoms with Gasteiger partial charge < -0.3 is 25.1 Å². The van der Waals surface area contributed by atoms with Crippen LogP contribution >= 0.6 is 11.3 Å². The molecule has 6 rings (SSSR count). The summed E-state index contributed by atoms with van der Waals surface area (Å²) in [6.07, 6.45) is 3.63. The van der Waals surface area contributed by atoms with E-state index in [1.54, 1.807) is 42.5 Å². The molecule has 0 radical (unpaired) electrons. The number of thiazole rings is 1. The van der Waals surface area contributed by atoms with Crippen molar-refractivity contribution in [2.45, 2.75) is 12.5 Å². The summed E-state index contributed by atoms with van der Waals surface area (Å²) in [5.41, 5.74) is 3.56. The number of hydrogen-bond acceptors (Lipinski definition) is 7. The van der Waals surface area contributed by atoms with Crippen molar-refractivity contribution in [1.29, 1.82) is 0 Å². The maximum Gasteiger partial charge on any atom is 0.328 e. The van der Waals surface area contributed by atoms with Crippen LogP contribution in [0.5, 0.6) is 11.5 Å². The third kappa shape index (κ3) is 6.92. The van der Waals surface area contributed by atoms with Crippen LogP contribution in [0.2, 0.25) is 0 Å². The molecule has 3 N–H and O–H groups in total. The number of ether oxygens (including phenoxy) is 2. The van der Waals surface area contributed by atoms with Crippen molar-refractivity contribution in [2.75, 3.05) is 12.4 Å². The van der Waals surface area contributed by atoms with Crippen molar-refractivity contribution in [2.24, 2.45) is 0 Å². The maximum atomic E-state index is 13.1. The summed E-state index contributed by atoms with van der Waals surface area (Å²) in [4.78, 5) is 46.7. The molecule has 0 spiro atoms. The van der Waals surface area contributed by atoms with E-state index in [9.17, 15) is 14.4 Å². The number of anilines is 1. The molecule has 0 unspecified atom stereocenters. The van der Waals surface area contributed by atoms with Crippen LogP contribution in [0, 0.1) is 0 Å². The van der Waals surface area contributed by atoms with Crippen LogP contribution in [0.1, 0.15) is 25.6 Å². The smallest absolute Gasteiger partial charge is 0.328 e. The molecule has 2 heterocycles. The molecule has 2 aromatic heterocycles. The molecule has 4 aromatic carbocycles. The quantitative estimate of drug-likeness (QED) is 0.145. The zero-order valence-corrected chi connectivity index (χ0v) is 25.0. The molecule has 45 heavy (non-hydrogen) atoms. The summed E-state index contributed by atoms with van der Waals surface area (Å²) in [7, 11) is 1.30. The zero-order chi connectivity index (χ0) is 31.2. The molecule has 0 aliphatic rings. The minimum atomic E-state index is -0.869. The topological polar surface area (TPSA) is 122 Å². The Hall–Kier alpha value is -5.74. The van der Waals surface area contributed by atoms with Crippen molar-refractivity contribution in [3.05, 3.63) is 132 Å². The van der Waals surface area contributed by atoms with Gasteiger partial charge in [-0.1, -0.05) is 54.6 Å². The van der Waals surface area contributed by atoms with E-state index < -0.39 is 17.9 Å². The molecule has 9 nitrogen and oxygen atoms in total. The average molecular weight is 617 g/mol. The Kier molecular flexibility index (Phi) is 8.65. The molecule has 0 fully saturated rings. The first kappa shape index (κ1) is 29.3. The number of fused-ring (bicyclic) bond motifs is 1. The van der Waals surface area contributed by atoms with Gasteiger partial charge >= 0.3 is 5.97 Å². The number of methoxy groups -OCH3 is 1. The monoisotopic (exact) mass is 616 g/mol. The van der Waals surface area contributed by atoms with Crippen LogP contribution in [-0.4, -0.2) is 40.9 Å². The zero-order valence-electron chi connectivity index (χ0n) is 24.2. The summed E-state index contributed by atoms with van der Waals surface area (Å²) in [5, 5.41) is 7.30. The van der Waals surface area contributed by atoms with Gasteiger partial charge in [0.1, 0.15) is 27.4 Å². The van der Waals surface area contributed by atoms with Crippen LogP contribution in [0.4, 0.5) is 5.69 Å². The van der Waals surface area contributed by atoms with E-state index in [4.69, 9.17) is 9.47 Å². The van der Waals surface area contributed by atoms with E-state index in [0.29, 0.717) is 32.6 Å². The van der Waals surface area contributed by atoms with Crippen molar-refractivity contribution in [3.8, 4) is 22.1 Å². The molecule has 1 atom stereocenters. The minimum Gasteiger partial charge on any atom is -0.467 e. The number of aromatic nitrogens is 2. The fourth-order valence-corrected chi connectivity index (χ4v) is 5.65. The van der Waals surface area contributed by atoms with Crippen molar-refractivity contribution < 1.29 is 23.9 Å². The van der Waals surface area contributed by atoms with E-state index in [1.807, 2.05) is 66.9 Å². The van der Waals surface area contributed by atoms with Crippen molar-refractivity contribution in [1.82, 2.24) is 15.3 Å². The van der Waals surface area contributed by atoms with Crippen molar-refractivity contribution >= 4 is 45.7 Å². The summed E-state index contributed by atoms with van der Waals surface area (Å²) in [5.74, 6) is 0.0636. The molecule has 0 aliphatic carbocycles. The Morgan fingerprint density at radius 2 is 1.62 bits per heavy atom. The Bertz CT molecular complexity index is 1970. The number of aromatic amines is 1. The number of H-pyrrole nitrogens is 1. The second-order valence-electron chi connectivity index (χ2n) is 10.1. The molecular formula is C35H28N4O5S. The van der Waals surface area contributed by atoms with Gasteiger partial charge in [-0.25, -0.2) is 9.78 Å². The number of benzene rings is 4. The number of carbonyl (C=O) groups excluding carboxylic acids is 3. The first-order valence-electron chi connectivity index (χ1n) is 14.1. The predicted octanol–water partition coefficient (Wildman–Crippen LogP) is 6.85. The SMILES string of the molecule is COC(=O)[C@@H](Cc1c[nH]c2ccccc12)NC(=O)c1ccc(-c2ncc(C(=O)Nc3cccc(Oc4ccccc4)c3)s2)cc1. The van der Waals surface area contributed by atoms with Crippen LogP contribution in [-0.2, 0) is 16.0 Å². The number of rotatable bonds is 10. The summed E-state index contributed by atoms with van der Waals surface area (Å²) in [6.45, 7) is 0. The molecule has 0 saturated heterocycles. The second-order valence-corrected chi connectivity index (χ2v) is 11.1. The highest BCUT2D eigenvalue weighted by molar-refractivity contribution is 7.17. The predicted molar refractivity (Wildman–Crippen MR) is 174 cm³/mol. The van der Waals surface area contributed by atoms with E-state index in [0.717, 1.165) is 22.0 Å². The first-order chi connectivity index (χ1) is 22.0. The average Bonchev–Trinajstić information content (AvgIpc) is 3.73. The van der Waals surface area contributed by atoms with E-state index in [1.165, 1.54) is 24.6 Å². The fourth-order valence-electron chi connectivity index (χ4n) is 4.83. The number of para-hydroxylation sites is 2. The van der Waals surface area contributed by atoms with Gasteiger partial charge in [-0.05, 0) is 48.0 Å². The third-order valence-corrected chi connectivity index (χ3v) is 8.13. The highest BCUT2D eigenvalue weighted by atomic mass is 32.1. The number of carbonyl (C=O) groups is 3. The highest BCUT2D eigenvalue weighted by Gasteiger charge is 2.24. The largest absolute Gasteiger partial charge is 0.467 e. The Balaban J connectivity index is 1.09. The molecule has 6 aromatic rings. The van der Waals surface area contributed by atoms with Crippen molar-refractivity contribution in [3.63, 3.8) is 0 Å². The Labute approximate surface area is 262 Å². The Morgan fingerprint density at radius 3 is 2.42 bits per heavy atom. The molecule has 10 heteroatoms. The summed E-state index contributed by atoms with van der Waals surface area (Å²) < 4.78 is 10.8. The molecule has 2 amide bonds. The van der Waals surface area contributed by atoms with Crippen LogP contribution in [0.15, 0.2) is 116 Å². The first-order valence-corrected chi connectivity index (χ1v) is 14.9. The molecule has 224 valence electrons. The fraction of sp³-hybridized carbons (Fsp3) is 0.0857. The van der Waals surface area contributed by atoms with Gasteiger partial charge in [-0.3, -0.25) is 9.59 Å². The lowest BCUT2D eigenvalue weighted by Gasteiger charge is -2.16. The summed E-state index contributed by atoms with van der Waals surface area (Å²) in [6, 6.07) is 30.3. The maximum absolute atomic E-state index is 13.1. The van der Waals surface area contributed by atoms with Gasteiger partial charge in [-0.15, -0.1) is 11.3 Å². The summed E-state index contributed by atoms with van der Waals surface area (Å²) >= 11 is 1.24. The van der Waals surface area contributed by atoms with Gasteiger partial charge in [0.2, 0.25) is 0 Å². The lowest BCUT2D eigenvalue weighted by molar-refractivity contribution is -0.142. The van der Waals surface area contributed by atoms with Crippen LogP contribution < -0.4 is 15.4 Å². The number of nitrogens with one attached hydrogen (secondary N) is 3. The molecule has 0 aliphatic heterocycles. The highest BCUT2D eigenvalue weighted by Crippen LogP contribution is 2.28. The Morgan fingerprint density at radius 1 is 0.867 bits per heavy atom. The standard InChI is InChI=1S/C35H28N4O5S/c1-43-35(42)30(18-24-20-36-29-13-6-5-12-28(24)29)39-32(40)22-14-16-23(17-15-22)34-37-21-31(45-34)33(41)38-25-8-7-11-27(19-25)44-26-9-3-2-4-10-26/h2-17,19-21,30,36H,18H2,1H3,(H,38,41)(H,39,40)/t30-/m1/s1. The number of amides is 2. The normalized spacial score (nSPS) is 11.5. The van der Waals surface area contributed by atoms with E-state index >= 15 is 0 Å². The second kappa shape index (κ2) is 13.3. The number of esters is 1. The number of hydrogen-bond donors (Lipinski definition) is 3. The van der Waals surface area contributed by atoms with E-state index in [-0.39, 0.29) is 12.3 Å². The molecular weight excluding hydrogens is 588 g/mol. The lowest BCUT2D eigenvalue weighted by atomic mass is 10.0. The van der Waals surface area contributed by atoms with Gasteiger partial charge in [0.25, 0.3) is 11.8 Å².